The second kappa shape index (κ2) is 4.85. The van der Waals surface area contributed by atoms with Crippen molar-refractivity contribution in [2.75, 3.05) is 6.61 Å². The molecule has 0 amide bonds. The Balaban J connectivity index is 1.88. The van der Waals surface area contributed by atoms with Gasteiger partial charge in [-0.05, 0) is 47.0 Å². The van der Waals surface area contributed by atoms with Gasteiger partial charge in [0.25, 0.3) is 0 Å². The zero-order valence-corrected chi connectivity index (χ0v) is 12.7. The van der Waals surface area contributed by atoms with Crippen LogP contribution < -0.4 is 9.84 Å². The van der Waals surface area contributed by atoms with E-state index in [4.69, 9.17) is 4.74 Å². The highest BCUT2D eigenvalue weighted by Gasteiger charge is 2.38. The predicted octanol–water partition coefficient (Wildman–Crippen LogP) is 2.90. The van der Waals surface area contributed by atoms with Gasteiger partial charge in [-0.1, -0.05) is 42.5 Å². The van der Waals surface area contributed by atoms with E-state index >= 15 is 0 Å². The lowest BCUT2D eigenvalue weighted by Crippen LogP contribution is -2.26. The summed E-state index contributed by atoms with van der Waals surface area (Å²) in [6.07, 6.45) is 0. The number of aromatic carboxylic acids is 1. The second-order valence-electron chi connectivity index (χ2n) is 6.18. The lowest BCUT2D eigenvalue weighted by Gasteiger charge is -2.24. The van der Waals surface area contributed by atoms with E-state index < -0.39 is 5.97 Å². The third kappa shape index (κ3) is 2.08. The van der Waals surface area contributed by atoms with Gasteiger partial charge in [-0.15, -0.1) is 0 Å². The molecule has 114 valence electrons. The van der Waals surface area contributed by atoms with E-state index in [0.29, 0.717) is 6.61 Å². The molecule has 4 rings (SSSR count). The average molecular weight is 303 g/mol. The molecule has 0 spiro atoms. The zero-order chi connectivity index (χ0) is 16.0. The first-order valence-electron chi connectivity index (χ1n) is 7.56. The van der Waals surface area contributed by atoms with Crippen LogP contribution in [0.5, 0.6) is 5.75 Å². The number of hydrogen-bond acceptors (Lipinski definition) is 3. The Labute approximate surface area is 134 Å². The van der Waals surface area contributed by atoms with E-state index in [1.807, 2.05) is 12.1 Å². The summed E-state index contributed by atoms with van der Waals surface area (Å²) in [5.74, 6) is -0.425. The molecule has 3 nitrogen and oxygen atoms in total. The van der Waals surface area contributed by atoms with Crippen molar-refractivity contribution in [1.82, 2.24) is 0 Å². The summed E-state index contributed by atoms with van der Waals surface area (Å²) >= 11 is 0. The molecule has 23 heavy (non-hydrogen) atoms. The highest BCUT2D eigenvalue weighted by molar-refractivity contribution is 5.87. The maximum Gasteiger partial charge on any atom is 0.123 e. The molecule has 0 aromatic heterocycles. The van der Waals surface area contributed by atoms with Crippen LogP contribution in [0.2, 0.25) is 0 Å². The molecular formula is C20H15O3-. The first-order chi connectivity index (χ1) is 11.1. The molecule has 3 aromatic rings. The van der Waals surface area contributed by atoms with Gasteiger partial charge < -0.3 is 14.6 Å². The molecule has 3 heteroatoms. The molecule has 0 aliphatic carbocycles. The normalized spacial score (nSPS) is 19.3. The Morgan fingerprint density at radius 3 is 2.61 bits per heavy atom. The van der Waals surface area contributed by atoms with E-state index in [-0.39, 0.29) is 11.0 Å². The molecular weight excluding hydrogens is 288 g/mol. The number of rotatable bonds is 2. The maximum atomic E-state index is 11.2. The van der Waals surface area contributed by atoms with E-state index in [0.717, 1.165) is 22.3 Å². The fourth-order valence-electron chi connectivity index (χ4n) is 3.29. The highest BCUT2D eigenvalue weighted by Crippen LogP contribution is 2.44. The van der Waals surface area contributed by atoms with Gasteiger partial charge in [0.05, 0.1) is 11.4 Å². The number of benzene rings is 3. The number of carbonyl (C=O) groups excluding carboxylic acids is 1. The molecule has 0 radical (unpaired) electrons. The number of hydrogen-bond donors (Lipinski definition) is 0. The third-order valence-electron chi connectivity index (χ3n) is 4.71. The van der Waals surface area contributed by atoms with Crippen LogP contribution in [0.1, 0.15) is 28.4 Å². The lowest BCUT2D eigenvalue weighted by atomic mass is 9.77. The molecule has 1 unspecified atom stereocenters. The van der Waals surface area contributed by atoms with Crippen molar-refractivity contribution in [1.29, 1.82) is 0 Å². The average Bonchev–Trinajstić information content (AvgIpc) is 2.92. The van der Waals surface area contributed by atoms with Crippen LogP contribution in [0, 0.1) is 0 Å². The molecule has 1 aliphatic rings. The highest BCUT2D eigenvalue weighted by atomic mass is 16.5. The molecule has 0 saturated carbocycles. The molecule has 1 aliphatic heterocycles. The first kappa shape index (κ1) is 13.8. The molecule has 0 saturated heterocycles. The van der Waals surface area contributed by atoms with Crippen molar-refractivity contribution >= 4 is 16.7 Å². The van der Waals surface area contributed by atoms with Crippen LogP contribution in [0.15, 0.2) is 60.7 Å². The van der Waals surface area contributed by atoms with Crippen LogP contribution in [-0.4, -0.2) is 12.6 Å². The van der Waals surface area contributed by atoms with E-state index in [2.05, 4.69) is 37.3 Å². The largest absolute Gasteiger partial charge is 0.545 e. The predicted molar refractivity (Wildman–Crippen MR) is 86.7 cm³/mol. The van der Waals surface area contributed by atoms with E-state index in [1.54, 1.807) is 12.1 Å². The Kier molecular flexibility index (Phi) is 2.91. The summed E-state index contributed by atoms with van der Waals surface area (Å²) in [6.45, 7) is 2.58. The summed E-state index contributed by atoms with van der Waals surface area (Å²) in [5.41, 5.74) is 1.83. The first-order valence-corrected chi connectivity index (χ1v) is 7.56. The summed E-state index contributed by atoms with van der Waals surface area (Å²) < 4.78 is 5.80. The van der Waals surface area contributed by atoms with Gasteiger partial charge in [-0.25, -0.2) is 0 Å². The van der Waals surface area contributed by atoms with Gasteiger partial charge in [-0.2, -0.15) is 0 Å². The molecule has 1 heterocycles. The van der Waals surface area contributed by atoms with Crippen molar-refractivity contribution in [3.63, 3.8) is 0 Å². The van der Waals surface area contributed by atoms with Crippen molar-refractivity contribution in [3.05, 3.63) is 77.4 Å². The zero-order valence-electron chi connectivity index (χ0n) is 12.7. The number of carboxylic acids is 1. The smallest absolute Gasteiger partial charge is 0.123 e. The van der Waals surface area contributed by atoms with Crippen molar-refractivity contribution in [3.8, 4) is 5.75 Å². The van der Waals surface area contributed by atoms with Crippen molar-refractivity contribution < 1.29 is 14.6 Å². The number of ether oxygens (including phenoxy) is 1. The number of fused-ring (bicyclic) bond motifs is 2. The fraction of sp³-hybridized carbons (Fsp3) is 0.150. The summed E-state index contributed by atoms with van der Waals surface area (Å²) in [4.78, 5) is 11.2. The van der Waals surface area contributed by atoms with Gasteiger partial charge in [0, 0.05) is 5.56 Å². The van der Waals surface area contributed by atoms with Crippen molar-refractivity contribution in [2.24, 2.45) is 0 Å². The minimum atomic E-state index is -1.17. The van der Waals surface area contributed by atoms with Crippen LogP contribution in [-0.2, 0) is 5.41 Å². The Morgan fingerprint density at radius 1 is 1.04 bits per heavy atom. The second-order valence-corrected chi connectivity index (χ2v) is 6.18. The number of carboxylic acid groups (broad SMARTS) is 1. The Hall–Kier alpha value is -2.81. The topological polar surface area (TPSA) is 49.4 Å². The summed E-state index contributed by atoms with van der Waals surface area (Å²) in [5, 5.41) is 13.5. The molecule has 0 N–H and O–H groups in total. The SMILES string of the molecule is CC1(c2ccc3ccccc3c2)COc2ccc(C(=O)[O-])cc21. The number of carbonyl (C=O) groups is 1. The van der Waals surface area contributed by atoms with Crippen LogP contribution in [0.4, 0.5) is 0 Å². The van der Waals surface area contributed by atoms with Gasteiger partial charge in [0.1, 0.15) is 12.4 Å². The monoisotopic (exact) mass is 303 g/mol. The standard InChI is InChI=1S/C20H16O3/c1-20(16-8-6-13-4-2-3-5-14(13)10-16)12-23-18-9-7-15(19(21)22)11-17(18)20/h2-11H,12H2,1H3,(H,21,22)/p-1. The van der Waals surface area contributed by atoms with Gasteiger partial charge in [0.2, 0.25) is 0 Å². The maximum absolute atomic E-state index is 11.2. The molecule has 0 fully saturated rings. The van der Waals surface area contributed by atoms with Gasteiger partial charge >= 0.3 is 0 Å². The Morgan fingerprint density at radius 2 is 1.83 bits per heavy atom. The van der Waals surface area contributed by atoms with Crippen LogP contribution >= 0.6 is 0 Å². The molecule has 1 atom stereocenters. The van der Waals surface area contributed by atoms with E-state index in [1.165, 1.54) is 11.5 Å². The summed E-state index contributed by atoms with van der Waals surface area (Å²) in [7, 11) is 0. The molecule has 3 aromatic carbocycles. The van der Waals surface area contributed by atoms with Crippen LogP contribution in [0.3, 0.4) is 0 Å². The van der Waals surface area contributed by atoms with Crippen LogP contribution in [0.25, 0.3) is 10.8 Å². The summed E-state index contributed by atoms with van der Waals surface area (Å²) in [6, 6.07) is 19.4. The van der Waals surface area contributed by atoms with E-state index in [9.17, 15) is 9.90 Å². The fourth-order valence-corrected chi connectivity index (χ4v) is 3.29. The van der Waals surface area contributed by atoms with Crippen molar-refractivity contribution in [2.45, 2.75) is 12.3 Å². The molecule has 0 bridgehead atoms. The minimum absolute atomic E-state index is 0.182. The third-order valence-corrected chi connectivity index (χ3v) is 4.71. The van der Waals surface area contributed by atoms with Gasteiger partial charge in [-0.3, -0.25) is 0 Å². The Bertz CT molecular complexity index is 929. The quantitative estimate of drug-likeness (QED) is 0.731. The minimum Gasteiger partial charge on any atom is -0.545 e. The van der Waals surface area contributed by atoms with Gasteiger partial charge in [0.15, 0.2) is 0 Å². The lowest BCUT2D eigenvalue weighted by molar-refractivity contribution is -0.255.